The van der Waals surface area contributed by atoms with Gasteiger partial charge in [0.05, 0.1) is 6.10 Å². The predicted octanol–water partition coefficient (Wildman–Crippen LogP) is 3.67. The first-order chi connectivity index (χ1) is 8.08. The molecule has 0 aliphatic heterocycles. The first kappa shape index (κ1) is 14.0. The monoisotopic (exact) mass is 239 g/mol. The van der Waals surface area contributed by atoms with Crippen LogP contribution in [0.2, 0.25) is 0 Å². The van der Waals surface area contributed by atoms with Crippen molar-refractivity contribution in [2.24, 2.45) is 0 Å². The smallest absolute Gasteiger partial charge is 0.131 e. The predicted molar refractivity (Wildman–Crippen MR) is 68.9 cm³/mol. The maximum absolute atomic E-state index is 13.9. The van der Waals surface area contributed by atoms with Gasteiger partial charge in [0.2, 0.25) is 0 Å². The molecule has 1 rings (SSSR count). The fraction of sp³-hybridized carbons (Fsp3) is 0.571. The van der Waals surface area contributed by atoms with Crippen LogP contribution >= 0.6 is 0 Å². The summed E-state index contributed by atoms with van der Waals surface area (Å²) in [6.45, 7) is 8.81. The fourth-order valence-electron chi connectivity index (χ4n) is 1.66. The number of nitrogens with one attached hydrogen (secondary N) is 1. The Morgan fingerprint density at radius 1 is 1.29 bits per heavy atom. The molecule has 96 valence electrons. The van der Waals surface area contributed by atoms with E-state index in [-0.39, 0.29) is 18.0 Å². The van der Waals surface area contributed by atoms with E-state index < -0.39 is 0 Å². The quantitative estimate of drug-likeness (QED) is 0.817. The summed E-state index contributed by atoms with van der Waals surface area (Å²) in [4.78, 5) is 0. The van der Waals surface area contributed by atoms with Crippen molar-refractivity contribution >= 4 is 0 Å². The second-order valence-corrected chi connectivity index (χ2v) is 4.30. The molecule has 1 N–H and O–H groups in total. The summed E-state index contributed by atoms with van der Waals surface area (Å²) in [5, 5.41) is 3.19. The second-order valence-electron chi connectivity index (χ2n) is 4.30. The lowest BCUT2D eigenvalue weighted by molar-refractivity contribution is 0.216. The van der Waals surface area contributed by atoms with E-state index in [0.717, 1.165) is 13.0 Å². The first-order valence-electron chi connectivity index (χ1n) is 6.27. The normalized spacial score (nSPS) is 14.4. The van der Waals surface area contributed by atoms with E-state index in [1.807, 2.05) is 33.8 Å². The van der Waals surface area contributed by atoms with Gasteiger partial charge < -0.3 is 10.1 Å². The first-order valence-corrected chi connectivity index (χ1v) is 6.27. The number of benzene rings is 1. The van der Waals surface area contributed by atoms with Crippen molar-refractivity contribution < 1.29 is 9.13 Å². The van der Waals surface area contributed by atoms with Gasteiger partial charge in [0, 0.05) is 17.7 Å². The maximum atomic E-state index is 13.9. The van der Waals surface area contributed by atoms with Gasteiger partial charge in [-0.2, -0.15) is 0 Å². The van der Waals surface area contributed by atoms with E-state index in [0.29, 0.717) is 11.3 Å². The molecule has 0 amide bonds. The molecule has 0 bridgehead atoms. The summed E-state index contributed by atoms with van der Waals surface area (Å²) in [5.74, 6) is 0.392. The Morgan fingerprint density at radius 2 is 2.00 bits per heavy atom. The van der Waals surface area contributed by atoms with Gasteiger partial charge >= 0.3 is 0 Å². The number of rotatable bonds is 6. The minimum atomic E-state index is -0.209. The van der Waals surface area contributed by atoms with Gasteiger partial charge in [-0.15, -0.1) is 0 Å². The molecule has 0 spiro atoms. The van der Waals surface area contributed by atoms with Crippen molar-refractivity contribution in [3.63, 3.8) is 0 Å². The van der Waals surface area contributed by atoms with Crippen LogP contribution in [0.15, 0.2) is 18.2 Å². The molecule has 17 heavy (non-hydrogen) atoms. The molecule has 0 fully saturated rings. The molecule has 2 unspecified atom stereocenters. The average Bonchev–Trinajstić information content (AvgIpc) is 2.29. The van der Waals surface area contributed by atoms with Gasteiger partial charge in [-0.25, -0.2) is 4.39 Å². The number of ether oxygens (including phenoxy) is 1. The summed E-state index contributed by atoms with van der Waals surface area (Å²) >= 11 is 0. The van der Waals surface area contributed by atoms with Crippen LogP contribution in [0.3, 0.4) is 0 Å². The Labute approximate surface area is 103 Å². The highest BCUT2D eigenvalue weighted by atomic mass is 19.1. The van der Waals surface area contributed by atoms with Gasteiger partial charge in [-0.05, 0) is 32.9 Å². The second kappa shape index (κ2) is 6.60. The number of hydrogen-bond donors (Lipinski definition) is 1. The maximum Gasteiger partial charge on any atom is 0.131 e. The van der Waals surface area contributed by atoms with Gasteiger partial charge in [0.1, 0.15) is 11.6 Å². The summed E-state index contributed by atoms with van der Waals surface area (Å²) in [5.41, 5.74) is 0.684. The van der Waals surface area contributed by atoms with Crippen LogP contribution in [-0.4, -0.2) is 12.6 Å². The molecule has 2 atom stereocenters. The molecule has 0 aliphatic carbocycles. The van der Waals surface area contributed by atoms with Crippen LogP contribution < -0.4 is 10.1 Å². The summed E-state index contributed by atoms with van der Waals surface area (Å²) in [6, 6.07) is 5.12. The highest BCUT2D eigenvalue weighted by Gasteiger charge is 2.11. The van der Waals surface area contributed by atoms with Gasteiger partial charge in [0.25, 0.3) is 0 Å². The summed E-state index contributed by atoms with van der Waals surface area (Å²) < 4.78 is 19.4. The molecule has 3 heteroatoms. The zero-order valence-corrected chi connectivity index (χ0v) is 11.1. The van der Waals surface area contributed by atoms with Crippen molar-refractivity contribution in [3.05, 3.63) is 29.6 Å². The largest absolute Gasteiger partial charge is 0.491 e. The molecule has 1 aromatic carbocycles. The standard InChI is InChI=1S/C14H22FNO/c1-5-10(3)17-12-7-8-13(14(15)9-12)11(4)16-6-2/h7-11,16H,5-6H2,1-4H3. The van der Waals surface area contributed by atoms with Crippen LogP contribution in [0.4, 0.5) is 4.39 Å². The summed E-state index contributed by atoms with van der Waals surface area (Å²) in [6.07, 6.45) is 1.03. The molecule has 0 aliphatic rings. The highest BCUT2D eigenvalue weighted by molar-refractivity contribution is 5.30. The molecular formula is C14H22FNO. The molecule has 0 aromatic heterocycles. The van der Waals surface area contributed by atoms with E-state index >= 15 is 0 Å². The lowest BCUT2D eigenvalue weighted by Gasteiger charge is -2.16. The minimum absolute atomic E-state index is 0.0256. The number of hydrogen-bond acceptors (Lipinski definition) is 2. The Morgan fingerprint density at radius 3 is 2.53 bits per heavy atom. The van der Waals surface area contributed by atoms with E-state index in [4.69, 9.17) is 4.74 Å². The van der Waals surface area contributed by atoms with Crippen molar-refractivity contribution in [1.29, 1.82) is 0 Å². The van der Waals surface area contributed by atoms with Crippen LogP contribution in [0, 0.1) is 5.82 Å². The number of halogens is 1. The third-order valence-corrected chi connectivity index (χ3v) is 2.86. The van der Waals surface area contributed by atoms with Crippen LogP contribution in [0.25, 0.3) is 0 Å². The minimum Gasteiger partial charge on any atom is -0.491 e. The van der Waals surface area contributed by atoms with Crippen LogP contribution in [-0.2, 0) is 0 Å². The molecule has 0 heterocycles. The van der Waals surface area contributed by atoms with E-state index in [1.54, 1.807) is 6.07 Å². The lowest BCUT2D eigenvalue weighted by Crippen LogP contribution is -2.19. The zero-order chi connectivity index (χ0) is 12.8. The van der Waals surface area contributed by atoms with Crippen molar-refractivity contribution in [1.82, 2.24) is 5.32 Å². The highest BCUT2D eigenvalue weighted by Crippen LogP contribution is 2.22. The average molecular weight is 239 g/mol. The van der Waals surface area contributed by atoms with Gasteiger partial charge in [-0.3, -0.25) is 0 Å². The Hall–Kier alpha value is -1.09. The van der Waals surface area contributed by atoms with Crippen LogP contribution in [0.1, 0.15) is 45.7 Å². The van der Waals surface area contributed by atoms with E-state index in [1.165, 1.54) is 6.07 Å². The van der Waals surface area contributed by atoms with Crippen molar-refractivity contribution in [2.75, 3.05) is 6.54 Å². The zero-order valence-electron chi connectivity index (χ0n) is 11.1. The van der Waals surface area contributed by atoms with Crippen LogP contribution in [0.5, 0.6) is 5.75 Å². The Bertz CT molecular complexity index is 354. The molecule has 0 saturated carbocycles. The molecular weight excluding hydrogens is 217 g/mol. The van der Waals surface area contributed by atoms with Gasteiger partial charge in [0.15, 0.2) is 0 Å². The lowest BCUT2D eigenvalue weighted by atomic mass is 10.1. The fourth-order valence-corrected chi connectivity index (χ4v) is 1.66. The Kier molecular flexibility index (Phi) is 5.42. The third-order valence-electron chi connectivity index (χ3n) is 2.86. The van der Waals surface area contributed by atoms with Crippen molar-refractivity contribution in [2.45, 2.75) is 46.3 Å². The SMILES string of the molecule is CCNC(C)c1ccc(OC(C)CC)cc1F. The topological polar surface area (TPSA) is 21.3 Å². The van der Waals surface area contributed by atoms with E-state index in [9.17, 15) is 4.39 Å². The van der Waals surface area contributed by atoms with Crippen molar-refractivity contribution in [3.8, 4) is 5.75 Å². The van der Waals surface area contributed by atoms with Gasteiger partial charge in [-0.1, -0.05) is 19.9 Å². The van der Waals surface area contributed by atoms with E-state index in [2.05, 4.69) is 5.32 Å². The molecule has 1 aromatic rings. The Balaban J connectivity index is 2.78. The molecule has 2 nitrogen and oxygen atoms in total. The summed E-state index contributed by atoms with van der Waals surface area (Å²) in [7, 11) is 0. The molecule has 0 radical (unpaired) electrons. The molecule has 0 saturated heterocycles. The third kappa shape index (κ3) is 4.00.